The van der Waals surface area contributed by atoms with E-state index in [0.717, 1.165) is 19.3 Å². The Morgan fingerprint density at radius 1 is 1.53 bits per heavy atom. The second-order valence-corrected chi connectivity index (χ2v) is 6.69. The number of nitrogens with two attached hydrogens (primary N) is 1. The molecule has 19 heavy (non-hydrogen) atoms. The Kier molecular flexibility index (Phi) is 4.73. The zero-order chi connectivity index (χ0) is 14.0. The fourth-order valence-corrected chi connectivity index (χ4v) is 3.58. The molecular weight excluding hydrogens is 331 g/mol. The maximum atomic E-state index is 13.2. The summed E-state index contributed by atoms with van der Waals surface area (Å²) in [5, 5.41) is 3.60. The van der Waals surface area contributed by atoms with Crippen molar-refractivity contribution in [2.45, 2.75) is 30.6 Å². The summed E-state index contributed by atoms with van der Waals surface area (Å²) in [6.07, 6.45) is 5.19. The fourth-order valence-electron chi connectivity index (χ4n) is 2.29. The molecule has 1 fully saturated rings. The predicted octanol–water partition coefficient (Wildman–Crippen LogP) is 3.18. The molecule has 104 valence electrons. The summed E-state index contributed by atoms with van der Waals surface area (Å²) in [6, 6.07) is 2.79. The highest BCUT2D eigenvalue weighted by Gasteiger charge is 2.26. The van der Waals surface area contributed by atoms with Crippen LogP contribution in [0, 0.1) is 5.82 Å². The van der Waals surface area contributed by atoms with Gasteiger partial charge in [0.1, 0.15) is 5.82 Å². The van der Waals surface area contributed by atoms with Crippen molar-refractivity contribution in [3.8, 4) is 0 Å². The minimum absolute atomic E-state index is 0.0123. The third-order valence-electron chi connectivity index (χ3n) is 3.38. The van der Waals surface area contributed by atoms with E-state index in [1.54, 1.807) is 0 Å². The number of nitrogen functional groups attached to an aromatic ring is 1. The van der Waals surface area contributed by atoms with E-state index in [1.165, 1.54) is 12.1 Å². The van der Waals surface area contributed by atoms with Crippen LogP contribution in [-0.2, 0) is 0 Å². The third kappa shape index (κ3) is 3.42. The van der Waals surface area contributed by atoms with E-state index < -0.39 is 5.82 Å². The molecule has 2 unspecified atom stereocenters. The van der Waals surface area contributed by atoms with Gasteiger partial charge < -0.3 is 11.1 Å². The number of thioether (sulfide) groups is 1. The maximum absolute atomic E-state index is 13.2. The second-order valence-electron chi connectivity index (χ2n) is 4.69. The molecule has 0 aliphatic heterocycles. The topological polar surface area (TPSA) is 55.1 Å². The standard InChI is InChI=1S/C13H16BrFN2OS/c1-19-8-3-2-7(4-8)17-13(18)9-5-12(16)11(15)6-10(9)14/h5-8H,2-4,16H2,1H3,(H,17,18). The number of rotatable bonds is 3. The van der Waals surface area contributed by atoms with Crippen LogP contribution in [-0.4, -0.2) is 23.5 Å². The molecular formula is C13H16BrFN2OS. The van der Waals surface area contributed by atoms with E-state index in [9.17, 15) is 9.18 Å². The molecule has 6 heteroatoms. The van der Waals surface area contributed by atoms with Gasteiger partial charge in [-0.15, -0.1) is 0 Å². The summed E-state index contributed by atoms with van der Waals surface area (Å²) in [7, 11) is 0. The minimum atomic E-state index is -0.522. The van der Waals surface area contributed by atoms with Crippen molar-refractivity contribution in [2.24, 2.45) is 0 Å². The molecule has 0 spiro atoms. The highest BCUT2D eigenvalue weighted by atomic mass is 79.9. The molecule has 1 aliphatic rings. The van der Waals surface area contributed by atoms with Gasteiger partial charge in [0, 0.05) is 15.8 Å². The van der Waals surface area contributed by atoms with Crippen LogP contribution in [0.15, 0.2) is 16.6 Å². The molecule has 0 saturated heterocycles. The lowest BCUT2D eigenvalue weighted by Gasteiger charge is -2.14. The normalized spacial score (nSPS) is 22.5. The summed E-state index contributed by atoms with van der Waals surface area (Å²) < 4.78 is 13.7. The molecule has 1 aromatic rings. The quantitative estimate of drug-likeness (QED) is 0.826. The van der Waals surface area contributed by atoms with Crippen molar-refractivity contribution in [1.29, 1.82) is 0 Å². The second kappa shape index (κ2) is 6.13. The van der Waals surface area contributed by atoms with Gasteiger partial charge in [-0.3, -0.25) is 4.79 Å². The van der Waals surface area contributed by atoms with Gasteiger partial charge in [-0.1, -0.05) is 0 Å². The number of amides is 1. The van der Waals surface area contributed by atoms with Crippen molar-refractivity contribution in [3.63, 3.8) is 0 Å². The molecule has 1 aliphatic carbocycles. The number of carbonyl (C=O) groups excluding carboxylic acids is 1. The number of benzene rings is 1. The molecule has 0 aromatic heterocycles. The molecule has 0 heterocycles. The molecule has 1 aromatic carbocycles. The highest BCUT2D eigenvalue weighted by molar-refractivity contribution is 9.10. The molecule has 1 saturated carbocycles. The number of hydrogen-bond donors (Lipinski definition) is 2. The third-order valence-corrected chi connectivity index (χ3v) is 5.13. The largest absolute Gasteiger partial charge is 0.396 e. The van der Waals surface area contributed by atoms with Crippen LogP contribution in [0.4, 0.5) is 10.1 Å². The fraction of sp³-hybridized carbons (Fsp3) is 0.462. The van der Waals surface area contributed by atoms with Gasteiger partial charge in [-0.05, 0) is 53.6 Å². The number of halogens is 2. The van der Waals surface area contributed by atoms with Gasteiger partial charge in [0.15, 0.2) is 0 Å². The van der Waals surface area contributed by atoms with Crippen LogP contribution in [0.2, 0.25) is 0 Å². The Morgan fingerprint density at radius 2 is 2.26 bits per heavy atom. The molecule has 2 atom stereocenters. The zero-order valence-electron chi connectivity index (χ0n) is 10.6. The van der Waals surface area contributed by atoms with Crippen molar-refractivity contribution in [3.05, 3.63) is 28.0 Å². The molecule has 3 nitrogen and oxygen atoms in total. The molecule has 3 N–H and O–H groups in total. The first-order valence-corrected chi connectivity index (χ1v) is 8.17. The number of hydrogen-bond acceptors (Lipinski definition) is 3. The van der Waals surface area contributed by atoms with Crippen LogP contribution in [0.25, 0.3) is 0 Å². The molecule has 0 bridgehead atoms. The Morgan fingerprint density at radius 3 is 2.89 bits per heavy atom. The lowest BCUT2D eigenvalue weighted by molar-refractivity contribution is 0.0937. The predicted molar refractivity (Wildman–Crippen MR) is 80.9 cm³/mol. The van der Waals surface area contributed by atoms with Crippen LogP contribution in [0.5, 0.6) is 0 Å². The lowest BCUT2D eigenvalue weighted by Crippen LogP contribution is -2.33. The summed E-state index contributed by atoms with van der Waals surface area (Å²) in [5.41, 5.74) is 5.87. The maximum Gasteiger partial charge on any atom is 0.252 e. The number of carbonyl (C=O) groups is 1. The van der Waals surface area contributed by atoms with Crippen molar-refractivity contribution in [2.75, 3.05) is 12.0 Å². The van der Waals surface area contributed by atoms with Gasteiger partial charge in [0.05, 0.1) is 11.3 Å². The van der Waals surface area contributed by atoms with Crippen LogP contribution in [0.3, 0.4) is 0 Å². The van der Waals surface area contributed by atoms with E-state index in [-0.39, 0.29) is 17.6 Å². The van der Waals surface area contributed by atoms with E-state index in [2.05, 4.69) is 27.5 Å². The van der Waals surface area contributed by atoms with E-state index in [0.29, 0.717) is 15.3 Å². The van der Waals surface area contributed by atoms with E-state index in [4.69, 9.17) is 5.73 Å². The number of nitrogens with one attached hydrogen (secondary N) is 1. The Balaban J connectivity index is 2.06. The van der Waals surface area contributed by atoms with E-state index >= 15 is 0 Å². The van der Waals surface area contributed by atoms with Crippen LogP contribution >= 0.6 is 27.7 Å². The van der Waals surface area contributed by atoms with Crippen LogP contribution < -0.4 is 11.1 Å². The minimum Gasteiger partial charge on any atom is -0.396 e. The van der Waals surface area contributed by atoms with Crippen molar-refractivity contribution >= 4 is 39.3 Å². The monoisotopic (exact) mass is 346 g/mol. The van der Waals surface area contributed by atoms with Crippen molar-refractivity contribution in [1.82, 2.24) is 5.32 Å². The lowest BCUT2D eigenvalue weighted by atomic mass is 10.1. The Bertz CT molecular complexity index is 498. The summed E-state index contributed by atoms with van der Waals surface area (Å²) in [4.78, 5) is 12.2. The van der Waals surface area contributed by atoms with Gasteiger partial charge >= 0.3 is 0 Å². The summed E-state index contributed by atoms with van der Waals surface area (Å²) in [6.45, 7) is 0. The summed E-state index contributed by atoms with van der Waals surface area (Å²) >= 11 is 5.03. The first kappa shape index (κ1) is 14.7. The van der Waals surface area contributed by atoms with E-state index in [1.807, 2.05) is 11.8 Å². The smallest absolute Gasteiger partial charge is 0.252 e. The first-order valence-electron chi connectivity index (χ1n) is 6.09. The molecule has 0 radical (unpaired) electrons. The first-order chi connectivity index (χ1) is 9.01. The number of anilines is 1. The average Bonchev–Trinajstić information content (AvgIpc) is 2.81. The molecule has 2 rings (SSSR count). The average molecular weight is 347 g/mol. The van der Waals surface area contributed by atoms with Gasteiger partial charge in [0.25, 0.3) is 5.91 Å². The van der Waals surface area contributed by atoms with Gasteiger partial charge in [-0.2, -0.15) is 11.8 Å². The summed E-state index contributed by atoms with van der Waals surface area (Å²) in [5.74, 6) is -0.725. The van der Waals surface area contributed by atoms with Gasteiger partial charge in [0.2, 0.25) is 0 Å². The van der Waals surface area contributed by atoms with Crippen molar-refractivity contribution < 1.29 is 9.18 Å². The van der Waals surface area contributed by atoms with Gasteiger partial charge in [-0.25, -0.2) is 4.39 Å². The SMILES string of the molecule is CSC1CCC(NC(=O)c2cc(N)c(F)cc2Br)C1. The Hall–Kier alpha value is -0.750. The van der Waals surface area contributed by atoms with Crippen LogP contribution in [0.1, 0.15) is 29.6 Å². The zero-order valence-corrected chi connectivity index (χ0v) is 13.0. The molecule has 1 amide bonds. The highest BCUT2D eigenvalue weighted by Crippen LogP contribution is 2.29. The Labute approximate surface area is 124 Å².